The van der Waals surface area contributed by atoms with Crippen molar-refractivity contribution in [3.63, 3.8) is 0 Å². The molecule has 0 spiro atoms. The lowest BCUT2D eigenvalue weighted by Crippen LogP contribution is -2.21. The molecular weight excluding hydrogens is 460 g/mol. The Balaban J connectivity index is 2.72. The van der Waals surface area contributed by atoms with E-state index in [9.17, 15) is 13.2 Å². The molecule has 33 heavy (non-hydrogen) atoms. The van der Waals surface area contributed by atoms with Gasteiger partial charge in [0.25, 0.3) is 0 Å². The zero-order valence-electron chi connectivity index (χ0n) is 21.0. The van der Waals surface area contributed by atoms with E-state index in [-0.39, 0.29) is 34.8 Å². The molecule has 2 aromatic rings. The number of hydrogen-bond acceptors (Lipinski definition) is 5. The Kier molecular flexibility index (Phi) is 8.57. The van der Waals surface area contributed by atoms with Crippen LogP contribution in [-0.4, -0.2) is 29.7 Å². The molecule has 0 N–H and O–H groups in total. The first-order chi connectivity index (χ1) is 15.2. The third-order valence-electron chi connectivity index (χ3n) is 5.37. The minimum atomic E-state index is -3.91. The maximum atomic E-state index is 13.8. The fourth-order valence-electron chi connectivity index (χ4n) is 3.71. The summed E-state index contributed by atoms with van der Waals surface area (Å²) in [5, 5.41) is 5.03. The average molecular weight is 495 g/mol. The van der Waals surface area contributed by atoms with Crippen LogP contribution in [0.3, 0.4) is 0 Å². The van der Waals surface area contributed by atoms with Crippen LogP contribution in [0.2, 0.25) is 5.02 Å². The van der Waals surface area contributed by atoms with Gasteiger partial charge in [0.05, 0.1) is 11.4 Å². The third-order valence-corrected chi connectivity index (χ3v) is 7.17. The van der Waals surface area contributed by atoms with Crippen LogP contribution in [0.4, 0.5) is 0 Å². The summed E-state index contributed by atoms with van der Waals surface area (Å²) in [6.07, 6.45) is 0. The van der Waals surface area contributed by atoms with Gasteiger partial charge in [-0.1, -0.05) is 44.9 Å². The standard InChI is InChI=1S/C25H35ClN2O4S/c1-14(2)12-28-25(32-33(30,31)13-15(3)4)23(19(9)27-28)24(29)20-10-11-21(26)22(18(20)8)17(7)16(5)6/h10-11,14-15H,12-13H2,1-9H3. The summed E-state index contributed by atoms with van der Waals surface area (Å²) >= 11 is 6.48. The summed E-state index contributed by atoms with van der Waals surface area (Å²) in [7, 11) is -3.91. The number of halogens is 1. The van der Waals surface area contributed by atoms with E-state index in [1.54, 1.807) is 32.9 Å². The topological polar surface area (TPSA) is 78.3 Å². The summed E-state index contributed by atoms with van der Waals surface area (Å²) in [6.45, 7) is 17.5. The number of aromatic nitrogens is 2. The lowest BCUT2D eigenvalue weighted by molar-refractivity contribution is 0.103. The fraction of sp³-hybridized carbons (Fsp3) is 0.520. The Morgan fingerprint density at radius 2 is 1.67 bits per heavy atom. The first kappa shape index (κ1) is 27.1. The molecule has 6 nitrogen and oxygen atoms in total. The Hall–Kier alpha value is -2.12. The van der Waals surface area contributed by atoms with Crippen molar-refractivity contribution in [1.82, 2.24) is 9.78 Å². The van der Waals surface area contributed by atoms with Gasteiger partial charge >= 0.3 is 10.1 Å². The van der Waals surface area contributed by atoms with Gasteiger partial charge in [-0.3, -0.25) is 4.79 Å². The van der Waals surface area contributed by atoms with Gasteiger partial charge in [0.15, 0.2) is 0 Å². The van der Waals surface area contributed by atoms with Crippen LogP contribution < -0.4 is 4.18 Å². The van der Waals surface area contributed by atoms with Crippen molar-refractivity contribution in [3.05, 3.63) is 50.7 Å². The summed E-state index contributed by atoms with van der Waals surface area (Å²) in [5.74, 6) is -0.469. The van der Waals surface area contributed by atoms with E-state index >= 15 is 0 Å². The summed E-state index contributed by atoms with van der Waals surface area (Å²) < 4.78 is 32.4. The van der Waals surface area contributed by atoms with Crippen molar-refractivity contribution in [3.8, 4) is 5.88 Å². The minimum Gasteiger partial charge on any atom is -0.361 e. The maximum absolute atomic E-state index is 13.8. The van der Waals surface area contributed by atoms with Crippen LogP contribution in [0.15, 0.2) is 17.7 Å². The number of aryl methyl sites for hydroxylation is 1. The third kappa shape index (κ3) is 6.27. The molecule has 0 radical (unpaired) electrons. The van der Waals surface area contributed by atoms with E-state index in [4.69, 9.17) is 15.8 Å². The normalized spacial score (nSPS) is 11.9. The van der Waals surface area contributed by atoms with Crippen molar-refractivity contribution in [2.75, 3.05) is 5.75 Å². The van der Waals surface area contributed by atoms with Crippen LogP contribution >= 0.6 is 11.6 Å². The Morgan fingerprint density at radius 1 is 1.06 bits per heavy atom. The van der Waals surface area contributed by atoms with Crippen molar-refractivity contribution in [2.45, 2.75) is 68.9 Å². The highest BCUT2D eigenvalue weighted by Crippen LogP contribution is 2.34. The summed E-state index contributed by atoms with van der Waals surface area (Å²) in [5.41, 5.74) is 4.65. The highest BCUT2D eigenvalue weighted by molar-refractivity contribution is 7.87. The average Bonchev–Trinajstić information content (AvgIpc) is 2.93. The number of carbonyl (C=O) groups excluding carboxylic acids is 1. The fourth-order valence-corrected chi connectivity index (χ4v) is 5.35. The molecule has 0 aliphatic carbocycles. The second-order valence-electron chi connectivity index (χ2n) is 9.59. The molecular formula is C25H35ClN2O4S. The highest BCUT2D eigenvalue weighted by Gasteiger charge is 2.30. The van der Waals surface area contributed by atoms with E-state index in [1.807, 2.05) is 41.5 Å². The quantitative estimate of drug-likeness (QED) is 0.305. The molecule has 0 aliphatic rings. The number of nitrogens with zero attached hydrogens (tertiary/aromatic N) is 2. The largest absolute Gasteiger partial charge is 0.361 e. The van der Waals surface area contributed by atoms with Gasteiger partial charge in [-0.2, -0.15) is 13.5 Å². The molecule has 0 saturated carbocycles. The molecule has 182 valence electrons. The Morgan fingerprint density at radius 3 is 2.18 bits per heavy atom. The Bertz CT molecular complexity index is 1190. The van der Waals surface area contributed by atoms with Crippen LogP contribution in [0.1, 0.15) is 81.2 Å². The van der Waals surface area contributed by atoms with Crippen LogP contribution in [0, 0.1) is 25.7 Å². The van der Waals surface area contributed by atoms with Crippen molar-refractivity contribution in [1.29, 1.82) is 0 Å². The molecule has 0 bridgehead atoms. The number of benzene rings is 1. The van der Waals surface area contributed by atoms with Gasteiger partial charge in [0.2, 0.25) is 11.7 Å². The molecule has 1 heterocycles. The van der Waals surface area contributed by atoms with E-state index < -0.39 is 10.1 Å². The van der Waals surface area contributed by atoms with Crippen molar-refractivity contribution in [2.24, 2.45) is 11.8 Å². The molecule has 8 heteroatoms. The molecule has 0 amide bonds. The van der Waals surface area contributed by atoms with Gasteiger partial charge in [-0.15, -0.1) is 0 Å². The zero-order valence-corrected chi connectivity index (χ0v) is 22.6. The first-order valence-electron chi connectivity index (χ1n) is 11.1. The minimum absolute atomic E-state index is 0.0262. The predicted molar refractivity (Wildman–Crippen MR) is 135 cm³/mol. The number of allylic oxidation sites excluding steroid dienone is 2. The van der Waals surface area contributed by atoms with E-state index in [2.05, 4.69) is 5.10 Å². The summed E-state index contributed by atoms with van der Waals surface area (Å²) in [6, 6.07) is 3.38. The molecule has 0 unspecified atom stereocenters. The van der Waals surface area contributed by atoms with E-state index in [1.165, 1.54) is 4.68 Å². The van der Waals surface area contributed by atoms with Gasteiger partial charge in [-0.05, 0) is 75.3 Å². The lowest BCUT2D eigenvalue weighted by atomic mass is 9.91. The lowest BCUT2D eigenvalue weighted by Gasteiger charge is -2.16. The Labute approximate surface area is 203 Å². The zero-order chi connectivity index (χ0) is 25.2. The SMILES string of the molecule is CC(C)=C(C)c1c(Cl)ccc(C(=O)c2c(C)nn(CC(C)C)c2OS(=O)(=O)CC(C)C)c1C. The van der Waals surface area contributed by atoms with E-state index in [0.717, 1.165) is 22.3 Å². The smallest absolute Gasteiger partial charge is 0.310 e. The molecule has 1 aromatic heterocycles. The van der Waals surface area contributed by atoms with Crippen molar-refractivity contribution < 1.29 is 17.4 Å². The number of hydrogen-bond donors (Lipinski definition) is 0. The second kappa shape index (κ2) is 10.4. The molecule has 0 atom stereocenters. The first-order valence-corrected chi connectivity index (χ1v) is 13.1. The molecule has 2 rings (SSSR count). The number of rotatable bonds is 9. The molecule has 0 aliphatic heterocycles. The maximum Gasteiger partial charge on any atom is 0.310 e. The molecule has 0 saturated heterocycles. The van der Waals surface area contributed by atoms with E-state index in [0.29, 0.717) is 22.8 Å². The molecule has 1 aromatic carbocycles. The van der Waals surface area contributed by atoms with Gasteiger partial charge < -0.3 is 4.18 Å². The van der Waals surface area contributed by atoms with Crippen molar-refractivity contribution >= 4 is 33.1 Å². The van der Waals surface area contributed by atoms with Gasteiger partial charge in [-0.25, -0.2) is 4.68 Å². The number of carbonyl (C=O) groups is 1. The monoisotopic (exact) mass is 494 g/mol. The highest BCUT2D eigenvalue weighted by atomic mass is 35.5. The summed E-state index contributed by atoms with van der Waals surface area (Å²) in [4.78, 5) is 13.8. The second-order valence-corrected chi connectivity index (χ2v) is 11.6. The van der Waals surface area contributed by atoms with Gasteiger partial charge in [0, 0.05) is 17.1 Å². The number of ketones is 1. The van der Waals surface area contributed by atoms with Crippen LogP contribution in [0.25, 0.3) is 5.57 Å². The van der Waals surface area contributed by atoms with Crippen LogP contribution in [0.5, 0.6) is 5.88 Å². The van der Waals surface area contributed by atoms with Gasteiger partial charge in [0.1, 0.15) is 5.56 Å². The van der Waals surface area contributed by atoms with Crippen LogP contribution in [-0.2, 0) is 16.7 Å². The predicted octanol–water partition coefficient (Wildman–Crippen LogP) is 6.22. The molecule has 0 fully saturated rings.